The molecule has 0 aromatic heterocycles. The van der Waals surface area contributed by atoms with Crippen LogP contribution in [0.15, 0.2) is 24.3 Å². The molecule has 1 unspecified atom stereocenters. The molecule has 0 bridgehead atoms. The minimum Gasteiger partial charge on any atom is -0.479 e. The molecule has 7 nitrogen and oxygen atoms in total. The van der Waals surface area contributed by atoms with E-state index in [-0.39, 0.29) is 6.54 Å². The molecule has 0 aliphatic heterocycles. The average Bonchev–Trinajstić information content (AvgIpc) is 2.28. The maximum Gasteiger partial charge on any atom is 0.331 e. The number of hydrogen-bond donors (Lipinski definition) is 2. The maximum atomic E-state index is 10.5. The number of rotatable bonds is 7. The molecule has 0 saturated carbocycles. The molecule has 2 N–H and O–H groups in total. The highest BCUT2D eigenvalue weighted by Gasteiger charge is 2.18. The van der Waals surface area contributed by atoms with Crippen LogP contribution < -0.4 is 5.48 Å². The van der Waals surface area contributed by atoms with E-state index in [1.165, 1.54) is 0 Å². The Morgan fingerprint density at radius 3 is 2.61 bits per heavy atom. The zero-order valence-corrected chi connectivity index (χ0v) is 9.83. The monoisotopic (exact) mass is 254 g/mol. The summed E-state index contributed by atoms with van der Waals surface area (Å²) in [4.78, 5) is 25.0. The number of nitrogens with one attached hydrogen (secondary N) is 1. The molecule has 0 spiro atoms. The second-order valence-electron chi connectivity index (χ2n) is 3.78. The first-order valence-electron chi connectivity index (χ1n) is 5.26. The number of aliphatic carboxylic acids is 1. The molecule has 1 rings (SSSR count). The first kappa shape index (κ1) is 14.1. The van der Waals surface area contributed by atoms with Gasteiger partial charge in [0.2, 0.25) is 6.54 Å². The van der Waals surface area contributed by atoms with E-state index in [0.29, 0.717) is 5.56 Å². The molecule has 1 atom stereocenters. The Morgan fingerprint density at radius 1 is 1.50 bits per heavy atom. The van der Waals surface area contributed by atoms with Crippen LogP contribution in [0.1, 0.15) is 17.2 Å². The molecule has 18 heavy (non-hydrogen) atoms. The minimum atomic E-state index is -1.15. The van der Waals surface area contributed by atoms with Crippen LogP contribution in [0.3, 0.4) is 0 Å². The van der Waals surface area contributed by atoms with E-state index >= 15 is 0 Å². The van der Waals surface area contributed by atoms with Crippen LogP contribution in [0, 0.1) is 17.0 Å². The van der Waals surface area contributed by atoms with Gasteiger partial charge < -0.3 is 5.11 Å². The highest BCUT2D eigenvalue weighted by atomic mass is 16.7. The third kappa shape index (κ3) is 4.89. The SMILES string of the molecule is Cc1ccc(C(C[N+](=O)[O-])NOCC(=O)O)cc1. The van der Waals surface area contributed by atoms with Crippen molar-refractivity contribution in [1.82, 2.24) is 5.48 Å². The molecule has 98 valence electrons. The molecule has 7 heteroatoms. The summed E-state index contributed by atoms with van der Waals surface area (Å²) >= 11 is 0. The lowest BCUT2D eigenvalue weighted by Gasteiger charge is -2.14. The molecule has 0 amide bonds. The Bertz CT molecular complexity index is 418. The Morgan fingerprint density at radius 2 is 2.11 bits per heavy atom. The number of nitro groups is 1. The van der Waals surface area contributed by atoms with Crippen LogP contribution in [0.2, 0.25) is 0 Å². The fraction of sp³-hybridized carbons (Fsp3) is 0.364. The van der Waals surface area contributed by atoms with Gasteiger partial charge in [0.1, 0.15) is 6.04 Å². The topological polar surface area (TPSA) is 102 Å². The third-order valence-electron chi connectivity index (χ3n) is 2.23. The Labute approximate surface area is 103 Å². The van der Waals surface area contributed by atoms with Gasteiger partial charge in [0.15, 0.2) is 6.61 Å². The van der Waals surface area contributed by atoms with Crippen LogP contribution in [-0.2, 0) is 9.63 Å². The van der Waals surface area contributed by atoms with Gasteiger partial charge in [-0.05, 0) is 12.5 Å². The number of carboxylic acid groups (broad SMARTS) is 1. The lowest BCUT2D eigenvalue weighted by molar-refractivity contribution is -0.486. The maximum absolute atomic E-state index is 10.5. The van der Waals surface area contributed by atoms with Gasteiger partial charge in [0.05, 0.1) is 0 Å². The fourth-order valence-electron chi connectivity index (χ4n) is 1.36. The van der Waals surface area contributed by atoms with Crippen molar-refractivity contribution in [3.05, 3.63) is 45.5 Å². The summed E-state index contributed by atoms with van der Waals surface area (Å²) in [6.45, 7) is 0.962. The molecule has 0 saturated heterocycles. The molecule has 0 fully saturated rings. The summed E-state index contributed by atoms with van der Waals surface area (Å²) in [7, 11) is 0. The molecule has 0 radical (unpaired) electrons. The van der Waals surface area contributed by atoms with Gasteiger partial charge >= 0.3 is 5.97 Å². The Hall–Kier alpha value is -1.99. The van der Waals surface area contributed by atoms with Crippen molar-refractivity contribution < 1.29 is 19.7 Å². The first-order chi connectivity index (χ1) is 8.49. The van der Waals surface area contributed by atoms with Gasteiger partial charge in [-0.15, -0.1) is 0 Å². The van der Waals surface area contributed by atoms with Crippen LogP contribution in [0.25, 0.3) is 0 Å². The molecule has 1 aromatic rings. The molecular formula is C11H14N2O5. The van der Waals surface area contributed by atoms with Crippen LogP contribution in [0.5, 0.6) is 0 Å². The number of carboxylic acids is 1. The van der Waals surface area contributed by atoms with Crippen LogP contribution in [-0.4, -0.2) is 29.2 Å². The number of benzene rings is 1. The quantitative estimate of drug-likeness (QED) is 0.554. The third-order valence-corrected chi connectivity index (χ3v) is 2.23. The Kier molecular flexibility index (Phi) is 5.22. The number of nitrogens with zero attached hydrogens (tertiary/aromatic N) is 1. The summed E-state index contributed by atoms with van der Waals surface area (Å²) in [5.41, 5.74) is 4.10. The molecule has 0 aliphatic rings. The van der Waals surface area contributed by atoms with Crippen molar-refractivity contribution in [2.45, 2.75) is 13.0 Å². The van der Waals surface area contributed by atoms with Gasteiger partial charge in [-0.25, -0.2) is 4.79 Å². The van der Waals surface area contributed by atoms with Gasteiger partial charge in [-0.3, -0.25) is 15.0 Å². The number of hydroxylamine groups is 1. The molecule has 0 heterocycles. The van der Waals surface area contributed by atoms with Crippen molar-refractivity contribution in [1.29, 1.82) is 0 Å². The van der Waals surface area contributed by atoms with Crippen molar-refractivity contribution >= 4 is 5.97 Å². The van der Waals surface area contributed by atoms with E-state index < -0.39 is 23.5 Å². The summed E-state index contributed by atoms with van der Waals surface area (Å²) in [6.07, 6.45) is 0. The normalized spacial score (nSPS) is 12.1. The standard InChI is InChI=1S/C11H14N2O5/c1-8-2-4-9(5-3-8)10(6-13(16)17)12-18-7-11(14)15/h2-5,10,12H,6-7H2,1H3,(H,14,15). The lowest BCUT2D eigenvalue weighted by Crippen LogP contribution is -2.29. The number of carbonyl (C=O) groups is 1. The van der Waals surface area contributed by atoms with Crippen molar-refractivity contribution in [3.63, 3.8) is 0 Å². The zero-order chi connectivity index (χ0) is 13.5. The summed E-state index contributed by atoms with van der Waals surface area (Å²) in [6, 6.07) is 6.43. The minimum absolute atomic E-state index is 0.386. The zero-order valence-electron chi connectivity index (χ0n) is 9.83. The van der Waals surface area contributed by atoms with Crippen molar-refractivity contribution in [2.24, 2.45) is 0 Å². The van der Waals surface area contributed by atoms with Gasteiger partial charge in [0, 0.05) is 4.92 Å². The smallest absolute Gasteiger partial charge is 0.331 e. The predicted molar refractivity (Wildman–Crippen MR) is 62.5 cm³/mol. The molecule has 0 aliphatic carbocycles. The molecular weight excluding hydrogens is 240 g/mol. The summed E-state index contributed by atoms with van der Waals surface area (Å²) < 4.78 is 0. The Balaban J connectivity index is 2.68. The van der Waals surface area contributed by atoms with E-state index in [1.54, 1.807) is 12.1 Å². The van der Waals surface area contributed by atoms with E-state index in [9.17, 15) is 14.9 Å². The van der Waals surface area contributed by atoms with Crippen molar-refractivity contribution in [3.8, 4) is 0 Å². The largest absolute Gasteiger partial charge is 0.479 e. The summed E-state index contributed by atoms with van der Waals surface area (Å²) in [5, 5.41) is 19.0. The summed E-state index contributed by atoms with van der Waals surface area (Å²) in [5.74, 6) is -1.15. The number of aryl methyl sites for hydroxylation is 1. The average molecular weight is 254 g/mol. The van der Waals surface area contributed by atoms with Crippen LogP contribution >= 0.6 is 0 Å². The van der Waals surface area contributed by atoms with Gasteiger partial charge in [0.25, 0.3) is 0 Å². The number of hydrogen-bond acceptors (Lipinski definition) is 5. The van der Waals surface area contributed by atoms with E-state index in [4.69, 9.17) is 5.11 Å². The molecule has 1 aromatic carbocycles. The second kappa shape index (κ2) is 6.67. The highest BCUT2D eigenvalue weighted by molar-refractivity contribution is 5.67. The predicted octanol–water partition coefficient (Wildman–Crippen LogP) is 0.919. The second-order valence-corrected chi connectivity index (χ2v) is 3.78. The van der Waals surface area contributed by atoms with E-state index in [0.717, 1.165) is 5.56 Å². The first-order valence-corrected chi connectivity index (χ1v) is 5.26. The van der Waals surface area contributed by atoms with Gasteiger partial charge in [-0.2, -0.15) is 5.48 Å². The fourth-order valence-corrected chi connectivity index (χ4v) is 1.36. The lowest BCUT2D eigenvalue weighted by atomic mass is 10.1. The highest BCUT2D eigenvalue weighted by Crippen LogP contribution is 2.14. The van der Waals surface area contributed by atoms with Crippen molar-refractivity contribution in [2.75, 3.05) is 13.2 Å². The van der Waals surface area contributed by atoms with Gasteiger partial charge in [-0.1, -0.05) is 29.8 Å². The van der Waals surface area contributed by atoms with Crippen LogP contribution in [0.4, 0.5) is 0 Å². The van der Waals surface area contributed by atoms with E-state index in [2.05, 4.69) is 10.3 Å². The van der Waals surface area contributed by atoms with E-state index in [1.807, 2.05) is 19.1 Å².